The lowest BCUT2D eigenvalue weighted by Gasteiger charge is -2.19. The first-order valence-electron chi connectivity index (χ1n) is 10.1. The number of carbonyl (C=O) groups excluding carboxylic acids is 1. The molecule has 0 atom stereocenters. The highest BCUT2D eigenvalue weighted by Gasteiger charge is 2.19. The van der Waals surface area contributed by atoms with Crippen LogP contribution in [-0.2, 0) is 11.3 Å². The molecule has 1 heterocycles. The van der Waals surface area contributed by atoms with Crippen molar-refractivity contribution in [2.24, 2.45) is 0 Å². The summed E-state index contributed by atoms with van der Waals surface area (Å²) in [6.07, 6.45) is 0.729. The van der Waals surface area contributed by atoms with Crippen molar-refractivity contribution in [2.75, 3.05) is 25.0 Å². The Balaban J connectivity index is 1.64. The standard InChI is InChI=1S/C22H23F3N4O3/c1-3-11-29(12-18(30)26-17-10-9-16(23)20(24)21(17)25)13-19-27-22(28-32-19)14-5-7-15(8-6-14)31-4-2/h5-10H,3-4,11-13H2,1-2H3,(H,26,30). The molecule has 0 aliphatic heterocycles. The molecule has 10 heteroatoms. The lowest BCUT2D eigenvalue weighted by atomic mass is 10.2. The van der Waals surface area contributed by atoms with Crippen LogP contribution < -0.4 is 10.1 Å². The predicted molar refractivity (Wildman–Crippen MR) is 111 cm³/mol. The zero-order valence-electron chi connectivity index (χ0n) is 17.7. The number of ether oxygens (including phenoxy) is 1. The van der Waals surface area contributed by atoms with Crippen molar-refractivity contribution >= 4 is 11.6 Å². The van der Waals surface area contributed by atoms with E-state index in [0.717, 1.165) is 29.9 Å². The third kappa shape index (κ3) is 5.85. The van der Waals surface area contributed by atoms with E-state index in [1.807, 2.05) is 26.0 Å². The average molecular weight is 448 g/mol. The Hall–Kier alpha value is -3.40. The fraction of sp³-hybridized carbons (Fsp3) is 0.318. The Morgan fingerprint density at radius 1 is 1.09 bits per heavy atom. The molecule has 0 bridgehead atoms. The Kier molecular flexibility index (Phi) is 7.82. The Bertz CT molecular complexity index is 1060. The van der Waals surface area contributed by atoms with Crippen LogP contribution in [0.4, 0.5) is 18.9 Å². The van der Waals surface area contributed by atoms with Crippen molar-refractivity contribution < 1.29 is 27.2 Å². The predicted octanol–water partition coefficient (Wildman–Crippen LogP) is 4.40. The van der Waals surface area contributed by atoms with Gasteiger partial charge in [-0.05, 0) is 56.3 Å². The number of nitrogens with zero attached hydrogens (tertiary/aromatic N) is 3. The van der Waals surface area contributed by atoms with Gasteiger partial charge in [0.2, 0.25) is 17.6 Å². The van der Waals surface area contributed by atoms with Crippen molar-refractivity contribution in [3.63, 3.8) is 0 Å². The number of carbonyl (C=O) groups is 1. The van der Waals surface area contributed by atoms with Crippen molar-refractivity contribution in [2.45, 2.75) is 26.8 Å². The lowest BCUT2D eigenvalue weighted by molar-refractivity contribution is -0.117. The highest BCUT2D eigenvalue weighted by molar-refractivity contribution is 5.92. The minimum Gasteiger partial charge on any atom is -0.494 e. The lowest BCUT2D eigenvalue weighted by Crippen LogP contribution is -2.33. The van der Waals surface area contributed by atoms with Gasteiger partial charge in [0.15, 0.2) is 17.5 Å². The maximum absolute atomic E-state index is 13.8. The second-order valence-corrected chi connectivity index (χ2v) is 6.95. The average Bonchev–Trinajstić information content (AvgIpc) is 3.23. The first-order valence-corrected chi connectivity index (χ1v) is 10.1. The molecule has 32 heavy (non-hydrogen) atoms. The largest absolute Gasteiger partial charge is 0.494 e. The molecule has 0 spiro atoms. The molecule has 0 aliphatic carbocycles. The molecule has 0 unspecified atom stereocenters. The van der Waals surface area contributed by atoms with E-state index < -0.39 is 29.0 Å². The summed E-state index contributed by atoms with van der Waals surface area (Å²) in [6, 6.07) is 8.95. The Morgan fingerprint density at radius 3 is 2.53 bits per heavy atom. The molecule has 3 rings (SSSR count). The number of amides is 1. The topological polar surface area (TPSA) is 80.5 Å². The molecule has 1 aromatic heterocycles. The quantitative estimate of drug-likeness (QED) is 0.463. The number of hydrogen-bond acceptors (Lipinski definition) is 6. The number of benzene rings is 2. The molecule has 0 radical (unpaired) electrons. The molecule has 7 nitrogen and oxygen atoms in total. The highest BCUT2D eigenvalue weighted by Crippen LogP contribution is 2.21. The third-order valence-corrected chi connectivity index (χ3v) is 4.47. The minimum atomic E-state index is -1.64. The van der Waals surface area contributed by atoms with Crippen LogP contribution in [-0.4, -0.2) is 40.6 Å². The number of aromatic nitrogens is 2. The number of rotatable bonds is 10. The van der Waals surface area contributed by atoms with E-state index in [1.165, 1.54) is 0 Å². The van der Waals surface area contributed by atoms with Crippen LogP contribution in [0.1, 0.15) is 26.2 Å². The molecule has 0 fully saturated rings. The van der Waals surface area contributed by atoms with Crippen molar-refractivity contribution in [1.29, 1.82) is 0 Å². The zero-order chi connectivity index (χ0) is 23.1. The summed E-state index contributed by atoms with van der Waals surface area (Å²) in [7, 11) is 0. The van der Waals surface area contributed by atoms with E-state index in [1.54, 1.807) is 17.0 Å². The van der Waals surface area contributed by atoms with Crippen LogP contribution >= 0.6 is 0 Å². The summed E-state index contributed by atoms with van der Waals surface area (Å²) in [5, 5.41) is 6.23. The van der Waals surface area contributed by atoms with Gasteiger partial charge < -0.3 is 14.6 Å². The third-order valence-electron chi connectivity index (χ3n) is 4.47. The second-order valence-electron chi connectivity index (χ2n) is 6.95. The summed E-state index contributed by atoms with van der Waals surface area (Å²) >= 11 is 0. The zero-order valence-corrected chi connectivity index (χ0v) is 17.7. The SMILES string of the molecule is CCCN(CC(=O)Nc1ccc(F)c(F)c1F)Cc1nc(-c2ccc(OCC)cc2)no1. The Morgan fingerprint density at radius 2 is 1.84 bits per heavy atom. The van der Waals surface area contributed by atoms with E-state index in [4.69, 9.17) is 9.26 Å². The monoisotopic (exact) mass is 448 g/mol. The number of halogens is 3. The van der Waals surface area contributed by atoms with Crippen LogP contribution in [0.5, 0.6) is 5.75 Å². The minimum absolute atomic E-state index is 0.132. The first kappa shape index (κ1) is 23.3. The maximum Gasteiger partial charge on any atom is 0.241 e. The Labute approximate surface area is 183 Å². The molecule has 2 aromatic carbocycles. The summed E-state index contributed by atoms with van der Waals surface area (Å²) in [4.78, 5) is 18.4. The van der Waals surface area contributed by atoms with Crippen molar-refractivity contribution in [3.8, 4) is 17.1 Å². The molecular weight excluding hydrogens is 425 g/mol. The second kappa shape index (κ2) is 10.8. The number of nitrogens with one attached hydrogen (secondary N) is 1. The highest BCUT2D eigenvalue weighted by atomic mass is 19.2. The summed E-state index contributed by atoms with van der Waals surface area (Å²) < 4.78 is 50.9. The number of anilines is 1. The van der Waals surface area contributed by atoms with E-state index in [2.05, 4.69) is 15.5 Å². The molecule has 1 N–H and O–H groups in total. The fourth-order valence-electron chi connectivity index (χ4n) is 3.04. The van der Waals surface area contributed by atoms with Crippen LogP contribution in [0.2, 0.25) is 0 Å². The summed E-state index contributed by atoms with van der Waals surface area (Å²) in [5.74, 6) is -3.57. The van der Waals surface area contributed by atoms with Gasteiger partial charge >= 0.3 is 0 Å². The molecule has 170 valence electrons. The number of hydrogen-bond donors (Lipinski definition) is 1. The molecule has 0 saturated heterocycles. The smallest absolute Gasteiger partial charge is 0.241 e. The van der Waals surface area contributed by atoms with Gasteiger partial charge in [-0.25, -0.2) is 13.2 Å². The van der Waals surface area contributed by atoms with Gasteiger partial charge in [-0.1, -0.05) is 12.1 Å². The van der Waals surface area contributed by atoms with Crippen LogP contribution in [0.3, 0.4) is 0 Å². The molecule has 0 aliphatic rings. The van der Waals surface area contributed by atoms with Crippen molar-refractivity contribution in [3.05, 3.63) is 59.7 Å². The summed E-state index contributed by atoms with van der Waals surface area (Å²) in [5.41, 5.74) is 0.318. The normalized spacial score (nSPS) is 11.1. The van der Waals surface area contributed by atoms with Crippen LogP contribution in [0.25, 0.3) is 11.4 Å². The maximum atomic E-state index is 13.8. The van der Waals surface area contributed by atoms with Crippen molar-refractivity contribution in [1.82, 2.24) is 15.0 Å². The molecular formula is C22H23F3N4O3. The van der Waals surface area contributed by atoms with E-state index >= 15 is 0 Å². The van der Waals surface area contributed by atoms with Gasteiger partial charge in [0.05, 0.1) is 25.4 Å². The molecule has 1 amide bonds. The van der Waals surface area contributed by atoms with Gasteiger partial charge in [0.1, 0.15) is 5.75 Å². The van der Waals surface area contributed by atoms with Gasteiger partial charge in [-0.3, -0.25) is 9.69 Å². The van der Waals surface area contributed by atoms with E-state index in [0.29, 0.717) is 24.9 Å². The van der Waals surface area contributed by atoms with Gasteiger partial charge in [0.25, 0.3) is 0 Å². The van der Waals surface area contributed by atoms with Crippen LogP contribution in [0.15, 0.2) is 40.9 Å². The van der Waals surface area contributed by atoms with Gasteiger partial charge in [0, 0.05) is 5.56 Å². The van der Waals surface area contributed by atoms with E-state index in [9.17, 15) is 18.0 Å². The molecule has 3 aromatic rings. The fourth-order valence-corrected chi connectivity index (χ4v) is 3.04. The van der Waals surface area contributed by atoms with Gasteiger partial charge in [-0.2, -0.15) is 4.98 Å². The van der Waals surface area contributed by atoms with E-state index in [-0.39, 0.29) is 13.1 Å². The first-order chi connectivity index (χ1) is 15.4. The van der Waals surface area contributed by atoms with Crippen LogP contribution in [0, 0.1) is 17.5 Å². The summed E-state index contributed by atoms with van der Waals surface area (Å²) in [6.45, 7) is 4.97. The van der Waals surface area contributed by atoms with Gasteiger partial charge in [-0.15, -0.1) is 0 Å². The molecule has 0 saturated carbocycles.